The summed E-state index contributed by atoms with van der Waals surface area (Å²) in [5.74, 6) is 2.18. The van der Waals surface area contributed by atoms with Crippen LogP contribution < -0.4 is 5.32 Å². The van der Waals surface area contributed by atoms with E-state index in [0.717, 1.165) is 35.0 Å². The van der Waals surface area contributed by atoms with E-state index in [1.807, 2.05) is 12.1 Å². The van der Waals surface area contributed by atoms with E-state index in [-0.39, 0.29) is 0 Å². The zero-order valence-corrected chi connectivity index (χ0v) is 12.7. The van der Waals surface area contributed by atoms with Crippen molar-refractivity contribution < 1.29 is 0 Å². The van der Waals surface area contributed by atoms with Gasteiger partial charge in [-0.3, -0.25) is 0 Å². The van der Waals surface area contributed by atoms with Gasteiger partial charge < -0.3 is 5.32 Å². The van der Waals surface area contributed by atoms with Gasteiger partial charge in [0.25, 0.3) is 0 Å². The Balaban J connectivity index is 1.88. The first-order valence-electron chi connectivity index (χ1n) is 7.41. The van der Waals surface area contributed by atoms with Crippen LogP contribution in [0.3, 0.4) is 0 Å². The minimum atomic E-state index is 0.579. The number of hydrogen-bond donors (Lipinski definition) is 1. The van der Waals surface area contributed by atoms with Crippen LogP contribution in [0.4, 0.5) is 0 Å². The lowest BCUT2D eigenvalue weighted by Gasteiger charge is -2.37. The summed E-state index contributed by atoms with van der Waals surface area (Å²) in [7, 11) is 0. The van der Waals surface area contributed by atoms with E-state index in [1.165, 1.54) is 37.7 Å². The van der Waals surface area contributed by atoms with Crippen LogP contribution in [0.1, 0.15) is 43.6 Å². The van der Waals surface area contributed by atoms with Crippen LogP contribution in [0.25, 0.3) is 0 Å². The van der Waals surface area contributed by atoms with Crippen molar-refractivity contribution in [3.8, 4) is 0 Å². The predicted octanol–water partition coefficient (Wildman–Crippen LogP) is 4.88. The fourth-order valence-corrected chi connectivity index (χ4v) is 4.39. The molecule has 0 spiro atoms. The second-order valence-corrected chi connectivity index (χ2v) is 6.82. The molecule has 1 aliphatic carbocycles. The molecular weight excluding hydrogens is 277 g/mol. The van der Waals surface area contributed by atoms with Crippen LogP contribution >= 0.6 is 23.2 Å². The standard InChI is InChI=1S/C16H21Cl2N/c17-12-5-6-16(18)14(9-12)13-7-8-19-10-15(13)11-3-1-2-4-11/h5-6,9,11,13,15,19H,1-4,7-8,10H2. The zero-order valence-electron chi connectivity index (χ0n) is 11.2. The molecule has 1 heterocycles. The Bertz CT molecular complexity index is 440. The molecule has 3 heteroatoms. The van der Waals surface area contributed by atoms with Crippen LogP contribution in [0, 0.1) is 11.8 Å². The van der Waals surface area contributed by atoms with Gasteiger partial charge in [0.1, 0.15) is 0 Å². The van der Waals surface area contributed by atoms with Crippen molar-refractivity contribution >= 4 is 23.2 Å². The first-order chi connectivity index (χ1) is 9.25. The summed E-state index contributed by atoms with van der Waals surface area (Å²) in [6, 6.07) is 5.92. The average molecular weight is 298 g/mol. The number of nitrogens with one attached hydrogen (secondary N) is 1. The summed E-state index contributed by atoms with van der Waals surface area (Å²) in [6.07, 6.45) is 6.76. The van der Waals surface area contributed by atoms with Crippen molar-refractivity contribution in [2.75, 3.05) is 13.1 Å². The number of halogens is 2. The molecule has 0 radical (unpaired) electrons. The highest BCUT2D eigenvalue weighted by atomic mass is 35.5. The van der Waals surface area contributed by atoms with Gasteiger partial charge in [-0.05, 0) is 61.0 Å². The summed E-state index contributed by atoms with van der Waals surface area (Å²) in [4.78, 5) is 0. The molecule has 2 atom stereocenters. The molecule has 19 heavy (non-hydrogen) atoms. The third-order valence-corrected chi connectivity index (χ3v) is 5.47. The van der Waals surface area contributed by atoms with Crippen LogP contribution in [0.5, 0.6) is 0 Å². The first kappa shape index (κ1) is 13.7. The Labute approximate surface area is 125 Å². The summed E-state index contributed by atoms with van der Waals surface area (Å²) in [5, 5.41) is 5.27. The van der Waals surface area contributed by atoms with Gasteiger partial charge >= 0.3 is 0 Å². The molecule has 1 saturated heterocycles. The third-order valence-electron chi connectivity index (χ3n) is 4.89. The molecule has 1 aliphatic heterocycles. The van der Waals surface area contributed by atoms with E-state index in [2.05, 4.69) is 11.4 Å². The van der Waals surface area contributed by atoms with Crippen molar-refractivity contribution in [3.05, 3.63) is 33.8 Å². The zero-order chi connectivity index (χ0) is 13.2. The van der Waals surface area contributed by atoms with E-state index < -0.39 is 0 Å². The monoisotopic (exact) mass is 297 g/mol. The fourth-order valence-electron chi connectivity index (χ4n) is 3.95. The Morgan fingerprint density at radius 3 is 2.63 bits per heavy atom. The normalized spacial score (nSPS) is 28.7. The molecule has 0 bridgehead atoms. The molecule has 1 saturated carbocycles. The summed E-state index contributed by atoms with van der Waals surface area (Å²) < 4.78 is 0. The molecule has 2 fully saturated rings. The van der Waals surface area contributed by atoms with Gasteiger partial charge in [0.05, 0.1) is 0 Å². The molecule has 1 aromatic carbocycles. The maximum absolute atomic E-state index is 6.42. The van der Waals surface area contributed by atoms with Crippen molar-refractivity contribution in [2.24, 2.45) is 11.8 Å². The Morgan fingerprint density at radius 1 is 1.05 bits per heavy atom. The maximum Gasteiger partial charge on any atom is 0.0441 e. The van der Waals surface area contributed by atoms with Crippen molar-refractivity contribution in [3.63, 3.8) is 0 Å². The highest BCUT2D eigenvalue weighted by Gasteiger charge is 2.34. The molecular formula is C16H21Cl2N. The molecule has 0 amide bonds. The van der Waals surface area contributed by atoms with E-state index >= 15 is 0 Å². The quantitative estimate of drug-likeness (QED) is 0.820. The van der Waals surface area contributed by atoms with Crippen LogP contribution in [0.15, 0.2) is 18.2 Å². The van der Waals surface area contributed by atoms with Crippen molar-refractivity contribution in [1.82, 2.24) is 5.32 Å². The Kier molecular flexibility index (Phi) is 4.36. The second-order valence-electron chi connectivity index (χ2n) is 5.97. The molecule has 1 aromatic rings. The third kappa shape index (κ3) is 2.94. The van der Waals surface area contributed by atoms with Crippen molar-refractivity contribution in [1.29, 1.82) is 0 Å². The topological polar surface area (TPSA) is 12.0 Å². The van der Waals surface area contributed by atoms with Crippen LogP contribution in [-0.4, -0.2) is 13.1 Å². The lowest BCUT2D eigenvalue weighted by atomic mass is 9.73. The largest absolute Gasteiger partial charge is 0.316 e. The van der Waals surface area contributed by atoms with E-state index in [9.17, 15) is 0 Å². The number of rotatable bonds is 2. The predicted molar refractivity (Wildman–Crippen MR) is 82.1 cm³/mol. The summed E-state index contributed by atoms with van der Waals surface area (Å²) >= 11 is 12.6. The van der Waals surface area contributed by atoms with Gasteiger partial charge in [0, 0.05) is 10.0 Å². The molecule has 0 aromatic heterocycles. The van der Waals surface area contributed by atoms with Gasteiger partial charge in [-0.1, -0.05) is 48.9 Å². The Morgan fingerprint density at radius 2 is 1.84 bits per heavy atom. The lowest BCUT2D eigenvalue weighted by molar-refractivity contribution is 0.231. The van der Waals surface area contributed by atoms with E-state index in [0.29, 0.717) is 5.92 Å². The highest BCUT2D eigenvalue weighted by Crippen LogP contribution is 2.44. The molecule has 104 valence electrons. The van der Waals surface area contributed by atoms with Crippen molar-refractivity contribution in [2.45, 2.75) is 38.0 Å². The summed E-state index contributed by atoms with van der Waals surface area (Å²) in [5.41, 5.74) is 1.27. The summed E-state index contributed by atoms with van der Waals surface area (Å²) in [6.45, 7) is 2.23. The molecule has 1 nitrogen and oxygen atoms in total. The van der Waals surface area contributed by atoms with Crippen LogP contribution in [0.2, 0.25) is 10.0 Å². The van der Waals surface area contributed by atoms with E-state index in [1.54, 1.807) is 0 Å². The highest BCUT2D eigenvalue weighted by molar-refractivity contribution is 6.33. The van der Waals surface area contributed by atoms with E-state index in [4.69, 9.17) is 23.2 Å². The number of benzene rings is 1. The fraction of sp³-hybridized carbons (Fsp3) is 0.625. The molecule has 1 N–H and O–H groups in total. The lowest BCUT2D eigenvalue weighted by Crippen LogP contribution is -2.38. The van der Waals surface area contributed by atoms with Gasteiger partial charge in [-0.15, -0.1) is 0 Å². The van der Waals surface area contributed by atoms with Crippen LogP contribution in [-0.2, 0) is 0 Å². The number of hydrogen-bond acceptors (Lipinski definition) is 1. The van der Waals surface area contributed by atoms with Gasteiger partial charge in [-0.2, -0.15) is 0 Å². The Hall–Kier alpha value is -0.240. The minimum absolute atomic E-state index is 0.579. The second kappa shape index (κ2) is 6.03. The minimum Gasteiger partial charge on any atom is -0.316 e. The average Bonchev–Trinajstić information content (AvgIpc) is 2.95. The molecule has 2 unspecified atom stereocenters. The molecule has 3 rings (SSSR count). The van der Waals surface area contributed by atoms with Gasteiger partial charge in [-0.25, -0.2) is 0 Å². The number of piperidine rings is 1. The SMILES string of the molecule is Clc1ccc(Cl)c(C2CCNCC2C2CCCC2)c1. The van der Waals surface area contributed by atoms with Gasteiger partial charge in [0.2, 0.25) is 0 Å². The maximum atomic E-state index is 6.42. The smallest absolute Gasteiger partial charge is 0.0441 e. The first-order valence-corrected chi connectivity index (χ1v) is 8.17. The molecule has 2 aliphatic rings. The van der Waals surface area contributed by atoms with Gasteiger partial charge in [0.15, 0.2) is 0 Å².